The van der Waals surface area contributed by atoms with Crippen LogP contribution in [0.2, 0.25) is 10.0 Å². The molecule has 1 unspecified atom stereocenters. The molecule has 0 aliphatic heterocycles. The number of hydrogen-bond donors (Lipinski definition) is 1. The van der Waals surface area contributed by atoms with Crippen LogP contribution in [0.15, 0.2) is 82.6 Å². The van der Waals surface area contributed by atoms with Gasteiger partial charge in [-0.1, -0.05) is 42.3 Å². The molecule has 6 heteroatoms. The molecule has 1 atom stereocenters. The fraction of sp³-hybridized carbons (Fsp3) is 0.174. The Kier molecular flexibility index (Phi) is 7.96. The molecule has 0 bridgehead atoms. The third kappa shape index (κ3) is 6.45. The van der Waals surface area contributed by atoms with Gasteiger partial charge in [-0.25, -0.2) is 0 Å². The first-order valence-electron chi connectivity index (χ1n) is 9.09. The van der Waals surface area contributed by atoms with Gasteiger partial charge in [-0.3, -0.25) is 4.79 Å². The van der Waals surface area contributed by atoms with E-state index in [0.29, 0.717) is 22.0 Å². The predicted molar refractivity (Wildman–Crippen MR) is 125 cm³/mol. The average molecular weight is 463 g/mol. The van der Waals surface area contributed by atoms with Gasteiger partial charge in [0.2, 0.25) is 0 Å². The van der Waals surface area contributed by atoms with Crippen LogP contribution in [0.25, 0.3) is 0 Å². The third-order valence-corrected chi connectivity index (χ3v) is 7.41. The van der Waals surface area contributed by atoms with Gasteiger partial charge >= 0.3 is 0 Å². The van der Waals surface area contributed by atoms with E-state index in [1.54, 1.807) is 47.8 Å². The molecule has 0 saturated carbocycles. The van der Waals surface area contributed by atoms with E-state index in [9.17, 15) is 9.90 Å². The summed E-state index contributed by atoms with van der Waals surface area (Å²) in [5.41, 5.74) is 0.367. The monoisotopic (exact) mass is 462 g/mol. The zero-order valence-corrected chi connectivity index (χ0v) is 18.9. The highest BCUT2D eigenvalue weighted by atomic mass is 35.5. The zero-order chi connectivity index (χ0) is 20.8. The highest BCUT2D eigenvalue weighted by molar-refractivity contribution is 8.17. The summed E-state index contributed by atoms with van der Waals surface area (Å²) < 4.78 is 0.0992. The van der Waals surface area contributed by atoms with Crippen molar-refractivity contribution in [3.8, 4) is 5.75 Å². The van der Waals surface area contributed by atoms with Crippen LogP contribution in [0.3, 0.4) is 0 Å². The number of aromatic hydroxyl groups is 1. The van der Waals surface area contributed by atoms with E-state index in [4.69, 9.17) is 23.2 Å². The van der Waals surface area contributed by atoms with Crippen LogP contribution in [0.5, 0.6) is 5.75 Å². The van der Waals surface area contributed by atoms with E-state index in [1.165, 1.54) is 0 Å². The number of Topliss-reactive ketones (excluding diaryl/α,β-unsaturated/α-hetero) is 1. The number of phenolic OH excluding ortho intramolecular Hbond substituents is 1. The van der Waals surface area contributed by atoms with Crippen molar-refractivity contribution in [2.24, 2.45) is 5.92 Å². The van der Waals surface area contributed by atoms with Crippen molar-refractivity contribution < 1.29 is 9.90 Å². The summed E-state index contributed by atoms with van der Waals surface area (Å²) in [6.07, 6.45) is 0.647. The van der Waals surface area contributed by atoms with Gasteiger partial charge in [0.25, 0.3) is 0 Å². The first-order valence-corrected chi connectivity index (χ1v) is 11.6. The Labute approximate surface area is 189 Å². The van der Waals surface area contributed by atoms with Crippen molar-refractivity contribution in [1.29, 1.82) is 0 Å². The molecular formula is C23H20Cl2O2S2. The summed E-state index contributed by atoms with van der Waals surface area (Å²) in [6, 6.07) is 22.1. The summed E-state index contributed by atoms with van der Waals surface area (Å²) in [7, 11) is 0. The second-order valence-electron chi connectivity index (χ2n) is 6.59. The van der Waals surface area contributed by atoms with Crippen molar-refractivity contribution in [2.45, 2.75) is 27.7 Å². The van der Waals surface area contributed by atoms with Crippen molar-refractivity contribution in [3.05, 3.63) is 88.4 Å². The van der Waals surface area contributed by atoms with Crippen LogP contribution >= 0.6 is 46.7 Å². The maximum atomic E-state index is 12.9. The van der Waals surface area contributed by atoms with E-state index in [0.717, 1.165) is 9.79 Å². The SMILES string of the molecule is CC(CC(Sc1ccc(Cl)cc1)Sc1ccc(Cl)cc1)C(=O)c1ccccc1O. The number of rotatable bonds is 8. The van der Waals surface area contributed by atoms with E-state index >= 15 is 0 Å². The summed E-state index contributed by atoms with van der Waals surface area (Å²) >= 11 is 15.4. The van der Waals surface area contributed by atoms with Gasteiger partial charge in [-0.05, 0) is 67.1 Å². The molecule has 0 fully saturated rings. The van der Waals surface area contributed by atoms with Gasteiger partial charge in [-0.15, -0.1) is 23.5 Å². The van der Waals surface area contributed by atoms with Crippen LogP contribution in [0.1, 0.15) is 23.7 Å². The molecule has 150 valence electrons. The third-order valence-electron chi connectivity index (χ3n) is 4.33. The smallest absolute Gasteiger partial charge is 0.169 e. The van der Waals surface area contributed by atoms with Gasteiger partial charge < -0.3 is 5.11 Å². The van der Waals surface area contributed by atoms with Crippen LogP contribution in [0.4, 0.5) is 0 Å². The van der Waals surface area contributed by atoms with Crippen LogP contribution in [0, 0.1) is 5.92 Å². The van der Waals surface area contributed by atoms with Gasteiger partial charge in [0.1, 0.15) is 5.75 Å². The lowest BCUT2D eigenvalue weighted by molar-refractivity contribution is 0.0924. The molecule has 0 radical (unpaired) electrons. The molecule has 0 heterocycles. The molecule has 0 aliphatic carbocycles. The standard InChI is InChI=1S/C23H20Cl2O2S2/c1-15(23(27)20-4-2-3-5-21(20)26)14-22(28-18-10-6-16(24)7-11-18)29-19-12-8-17(25)9-13-19/h2-13,15,22,26H,14H2,1H3. The molecule has 3 rings (SSSR count). The van der Waals surface area contributed by atoms with Crippen molar-refractivity contribution in [3.63, 3.8) is 0 Å². The number of para-hydroxylation sites is 1. The molecule has 0 amide bonds. The number of halogens is 2. The normalized spacial score (nSPS) is 12.1. The van der Waals surface area contributed by atoms with Gasteiger partial charge in [0.05, 0.1) is 10.1 Å². The Morgan fingerprint density at radius 1 is 0.862 bits per heavy atom. The fourth-order valence-electron chi connectivity index (χ4n) is 2.79. The second-order valence-corrected chi connectivity index (χ2v) is 10.3. The fourth-order valence-corrected chi connectivity index (χ4v) is 5.87. The molecule has 0 aliphatic rings. The van der Waals surface area contributed by atoms with Crippen LogP contribution in [-0.2, 0) is 0 Å². The molecule has 0 saturated heterocycles. The number of carbonyl (C=O) groups excluding carboxylic acids is 1. The van der Waals surface area contributed by atoms with E-state index in [-0.39, 0.29) is 22.0 Å². The van der Waals surface area contributed by atoms with Gasteiger partial charge in [0, 0.05) is 25.8 Å². The minimum Gasteiger partial charge on any atom is -0.507 e. The zero-order valence-electron chi connectivity index (χ0n) is 15.7. The Bertz CT molecular complexity index is 912. The quantitative estimate of drug-likeness (QED) is 0.210. The van der Waals surface area contributed by atoms with E-state index in [2.05, 4.69) is 0 Å². The Balaban J connectivity index is 1.77. The Hall–Kier alpha value is -1.59. The first-order chi connectivity index (χ1) is 13.9. The molecule has 1 N–H and O–H groups in total. The summed E-state index contributed by atoms with van der Waals surface area (Å²) in [6.45, 7) is 1.91. The minimum absolute atomic E-state index is 0.0246. The molecule has 29 heavy (non-hydrogen) atoms. The molecule has 0 spiro atoms. The second kappa shape index (κ2) is 10.4. The van der Waals surface area contributed by atoms with E-state index in [1.807, 2.05) is 55.5 Å². The largest absolute Gasteiger partial charge is 0.507 e. The lowest BCUT2D eigenvalue weighted by Gasteiger charge is -2.20. The predicted octanol–water partition coefficient (Wildman–Crippen LogP) is 7.82. The van der Waals surface area contributed by atoms with Crippen LogP contribution in [-0.4, -0.2) is 15.5 Å². The highest BCUT2D eigenvalue weighted by Crippen LogP contribution is 2.40. The van der Waals surface area contributed by atoms with Crippen LogP contribution < -0.4 is 0 Å². The summed E-state index contributed by atoms with van der Waals surface area (Å²) in [4.78, 5) is 15.1. The van der Waals surface area contributed by atoms with Gasteiger partial charge in [0.15, 0.2) is 5.78 Å². The number of carbonyl (C=O) groups is 1. The number of hydrogen-bond acceptors (Lipinski definition) is 4. The molecular weight excluding hydrogens is 443 g/mol. The first kappa shape index (κ1) is 22.1. The topological polar surface area (TPSA) is 37.3 Å². The molecule has 2 nitrogen and oxygen atoms in total. The lowest BCUT2D eigenvalue weighted by Crippen LogP contribution is -2.16. The number of thioether (sulfide) groups is 2. The van der Waals surface area contributed by atoms with E-state index < -0.39 is 0 Å². The Morgan fingerprint density at radius 3 is 1.83 bits per heavy atom. The Morgan fingerprint density at radius 2 is 1.34 bits per heavy atom. The summed E-state index contributed by atoms with van der Waals surface area (Å²) in [5.74, 6) is -0.272. The lowest BCUT2D eigenvalue weighted by atomic mass is 9.96. The van der Waals surface area contributed by atoms with Crippen molar-refractivity contribution in [2.75, 3.05) is 0 Å². The maximum Gasteiger partial charge on any atom is 0.169 e. The highest BCUT2D eigenvalue weighted by Gasteiger charge is 2.23. The average Bonchev–Trinajstić information content (AvgIpc) is 2.71. The molecule has 3 aromatic rings. The number of phenols is 1. The van der Waals surface area contributed by atoms with Crippen molar-refractivity contribution in [1.82, 2.24) is 0 Å². The minimum atomic E-state index is -0.243. The number of ketones is 1. The van der Waals surface area contributed by atoms with Crippen molar-refractivity contribution >= 4 is 52.5 Å². The summed E-state index contributed by atoms with van der Waals surface area (Å²) in [5, 5.41) is 11.4. The molecule has 3 aromatic carbocycles. The maximum absolute atomic E-state index is 12.9. The number of benzene rings is 3. The molecule has 0 aromatic heterocycles. The van der Waals surface area contributed by atoms with Gasteiger partial charge in [-0.2, -0.15) is 0 Å².